The normalized spacial score (nSPS) is 15.1. The standard InChI is InChI=1S/C22H23ClN2OS/c1-26-21-9-14-27-22(21)20-8-3-2-5-17(20)16-24-10-12-25(13-11-24)19-7-4-6-18(23)15-19/h2-9,14-15H,10-13,16H2,1H3. The monoisotopic (exact) mass is 398 g/mol. The molecular formula is C22H23ClN2OS. The summed E-state index contributed by atoms with van der Waals surface area (Å²) in [6, 6.07) is 18.8. The molecule has 0 unspecified atom stereocenters. The highest BCUT2D eigenvalue weighted by molar-refractivity contribution is 7.14. The molecule has 0 bridgehead atoms. The third kappa shape index (κ3) is 4.13. The molecule has 2 heterocycles. The van der Waals surface area contributed by atoms with Crippen molar-refractivity contribution in [2.75, 3.05) is 38.2 Å². The molecule has 5 heteroatoms. The van der Waals surface area contributed by atoms with Gasteiger partial charge in [-0.05, 0) is 40.8 Å². The Morgan fingerprint density at radius 3 is 2.59 bits per heavy atom. The first-order valence-electron chi connectivity index (χ1n) is 9.17. The molecule has 1 aromatic heterocycles. The zero-order chi connectivity index (χ0) is 18.6. The molecule has 0 aliphatic carbocycles. The summed E-state index contributed by atoms with van der Waals surface area (Å²) in [6.07, 6.45) is 0. The predicted molar refractivity (Wildman–Crippen MR) is 115 cm³/mol. The molecule has 1 aliphatic heterocycles. The van der Waals surface area contributed by atoms with Crippen molar-refractivity contribution in [1.29, 1.82) is 0 Å². The lowest BCUT2D eigenvalue weighted by molar-refractivity contribution is 0.250. The first-order valence-corrected chi connectivity index (χ1v) is 10.4. The summed E-state index contributed by atoms with van der Waals surface area (Å²) >= 11 is 7.88. The Morgan fingerprint density at radius 2 is 1.81 bits per heavy atom. The number of thiophene rings is 1. The number of methoxy groups -OCH3 is 1. The second-order valence-corrected chi connectivity index (χ2v) is 8.07. The van der Waals surface area contributed by atoms with Crippen LogP contribution in [0.4, 0.5) is 5.69 Å². The molecule has 27 heavy (non-hydrogen) atoms. The molecule has 3 nitrogen and oxygen atoms in total. The molecule has 0 spiro atoms. The molecule has 4 rings (SSSR count). The second-order valence-electron chi connectivity index (χ2n) is 6.72. The Labute approximate surface area is 169 Å². The van der Waals surface area contributed by atoms with Crippen LogP contribution in [0.5, 0.6) is 5.75 Å². The van der Waals surface area contributed by atoms with E-state index in [9.17, 15) is 0 Å². The van der Waals surface area contributed by atoms with Crippen molar-refractivity contribution in [3.8, 4) is 16.2 Å². The molecule has 0 radical (unpaired) electrons. The quantitative estimate of drug-likeness (QED) is 0.572. The SMILES string of the molecule is COc1ccsc1-c1ccccc1CN1CCN(c2cccc(Cl)c2)CC1. The van der Waals surface area contributed by atoms with Gasteiger partial charge in [0.2, 0.25) is 0 Å². The number of rotatable bonds is 5. The van der Waals surface area contributed by atoms with Gasteiger partial charge in [-0.3, -0.25) is 4.90 Å². The first kappa shape index (κ1) is 18.4. The summed E-state index contributed by atoms with van der Waals surface area (Å²) in [7, 11) is 1.74. The van der Waals surface area contributed by atoms with Gasteiger partial charge in [-0.1, -0.05) is 41.9 Å². The number of ether oxygens (including phenoxy) is 1. The van der Waals surface area contributed by atoms with Crippen molar-refractivity contribution >= 4 is 28.6 Å². The fraction of sp³-hybridized carbons (Fsp3) is 0.273. The Bertz CT molecular complexity index is 903. The van der Waals surface area contributed by atoms with Crippen molar-refractivity contribution in [2.24, 2.45) is 0 Å². The van der Waals surface area contributed by atoms with E-state index in [2.05, 4.69) is 51.6 Å². The van der Waals surface area contributed by atoms with E-state index in [1.54, 1.807) is 18.4 Å². The van der Waals surface area contributed by atoms with Crippen molar-refractivity contribution in [3.63, 3.8) is 0 Å². The number of benzene rings is 2. The Balaban J connectivity index is 1.46. The van der Waals surface area contributed by atoms with Gasteiger partial charge in [0.1, 0.15) is 5.75 Å². The Morgan fingerprint density at radius 1 is 1.00 bits per heavy atom. The van der Waals surface area contributed by atoms with Crippen LogP contribution in [0.15, 0.2) is 60.0 Å². The maximum absolute atomic E-state index is 6.14. The first-order chi connectivity index (χ1) is 13.2. The van der Waals surface area contributed by atoms with Crippen LogP contribution in [0.3, 0.4) is 0 Å². The van der Waals surface area contributed by atoms with E-state index in [1.807, 2.05) is 18.2 Å². The highest BCUT2D eigenvalue weighted by Gasteiger charge is 2.19. The lowest BCUT2D eigenvalue weighted by Crippen LogP contribution is -2.46. The highest BCUT2D eigenvalue weighted by Crippen LogP contribution is 2.37. The van der Waals surface area contributed by atoms with E-state index in [1.165, 1.54) is 21.7 Å². The number of anilines is 1. The third-order valence-electron chi connectivity index (χ3n) is 5.05. The van der Waals surface area contributed by atoms with Gasteiger partial charge in [0.05, 0.1) is 12.0 Å². The molecule has 2 aromatic carbocycles. The van der Waals surface area contributed by atoms with Crippen molar-refractivity contribution in [1.82, 2.24) is 4.90 Å². The third-order valence-corrected chi connectivity index (χ3v) is 6.21. The Hall–Kier alpha value is -2.01. The summed E-state index contributed by atoms with van der Waals surface area (Å²) in [5.41, 5.74) is 3.85. The minimum absolute atomic E-state index is 0.800. The van der Waals surface area contributed by atoms with Crippen molar-refractivity contribution in [2.45, 2.75) is 6.54 Å². The largest absolute Gasteiger partial charge is 0.495 e. The van der Waals surface area contributed by atoms with Crippen LogP contribution in [-0.2, 0) is 6.54 Å². The highest BCUT2D eigenvalue weighted by atomic mass is 35.5. The maximum Gasteiger partial charge on any atom is 0.137 e. The molecule has 140 valence electrons. The van der Waals surface area contributed by atoms with Crippen LogP contribution in [0.25, 0.3) is 10.4 Å². The molecule has 0 saturated carbocycles. The van der Waals surface area contributed by atoms with E-state index in [-0.39, 0.29) is 0 Å². The van der Waals surface area contributed by atoms with Crippen molar-refractivity contribution < 1.29 is 4.74 Å². The fourth-order valence-electron chi connectivity index (χ4n) is 3.61. The molecular weight excluding hydrogens is 376 g/mol. The minimum Gasteiger partial charge on any atom is -0.495 e. The number of nitrogens with zero attached hydrogens (tertiary/aromatic N) is 2. The summed E-state index contributed by atoms with van der Waals surface area (Å²) in [5.74, 6) is 0.957. The van der Waals surface area contributed by atoms with Crippen LogP contribution in [0, 0.1) is 0 Å². The zero-order valence-electron chi connectivity index (χ0n) is 15.4. The topological polar surface area (TPSA) is 15.7 Å². The van der Waals surface area contributed by atoms with Gasteiger partial charge in [0, 0.05) is 43.4 Å². The van der Waals surface area contributed by atoms with Crippen molar-refractivity contribution in [3.05, 3.63) is 70.6 Å². The molecule has 0 atom stereocenters. The molecule has 1 saturated heterocycles. The molecule has 0 N–H and O–H groups in total. The van der Waals surface area contributed by atoms with Gasteiger partial charge < -0.3 is 9.64 Å². The summed E-state index contributed by atoms with van der Waals surface area (Å²) < 4.78 is 5.54. The molecule has 0 amide bonds. The van der Waals surface area contributed by atoms with E-state index < -0.39 is 0 Å². The van der Waals surface area contributed by atoms with Crippen LogP contribution >= 0.6 is 22.9 Å². The number of hydrogen-bond acceptors (Lipinski definition) is 4. The number of hydrogen-bond donors (Lipinski definition) is 0. The van der Waals surface area contributed by atoms with Crippen LogP contribution in [0.2, 0.25) is 5.02 Å². The molecule has 3 aromatic rings. The van der Waals surface area contributed by atoms with E-state index in [0.717, 1.165) is 43.5 Å². The maximum atomic E-state index is 6.14. The molecule has 1 fully saturated rings. The lowest BCUT2D eigenvalue weighted by atomic mass is 10.0. The lowest BCUT2D eigenvalue weighted by Gasteiger charge is -2.36. The summed E-state index contributed by atoms with van der Waals surface area (Å²) in [6.45, 7) is 5.08. The second kappa shape index (κ2) is 8.34. The van der Waals surface area contributed by atoms with E-state index in [0.29, 0.717) is 0 Å². The zero-order valence-corrected chi connectivity index (χ0v) is 17.0. The average Bonchev–Trinajstić information content (AvgIpc) is 3.18. The van der Waals surface area contributed by atoms with E-state index in [4.69, 9.17) is 16.3 Å². The number of piperazine rings is 1. The Kier molecular flexibility index (Phi) is 5.67. The fourth-order valence-corrected chi connectivity index (χ4v) is 4.72. The average molecular weight is 399 g/mol. The summed E-state index contributed by atoms with van der Waals surface area (Å²) in [5, 5.41) is 2.89. The van der Waals surface area contributed by atoms with E-state index >= 15 is 0 Å². The number of halogens is 1. The predicted octanol–water partition coefficient (Wildman–Crippen LogP) is 5.40. The van der Waals surface area contributed by atoms with Gasteiger partial charge in [0.25, 0.3) is 0 Å². The van der Waals surface area contributed by atoms with Gasteiger partial charge in [-0.15, -0.1) is 11.3 Å². The minimum atomic E-state index is 0.800. The smallest absolute Gasteiger partial charge is 0.137 e. The van der Waals surface area contributed by atoms with Crippen LogP contribution in [-0.4, -0.2) is 38.2 Å². The van der Waals surface area contributed by atoms with Crippen LogP contribution in [0.1, 0.15) is 5.56 Å². The van der Waals surface area contributed by atoms with Gasteiger partial charge in [0.15, 0.2) is 0 Å². The van der Waals surface area contributed by atoms with Gasteiger partial charge in [-0.2, -0.15) is 0 Å². The van der Waals surface area contributed by atoms with Gasteiger partial charge >= 0.3 is 0 Å². The summed E-state index contributed by atoms with van der Waals surface area (Å²) in [4.78, 5) is 6.15. The van der Waals surface area contributed by atoms with Gasteiger partial charge in [-0.25, -0.2) is 0 Å². The van der Waals surface area contributed by atoms with Crippen LogP contribution < -0.4 is 9.64 Å². The molecule has 1 aliphatic rings.